The molecule has 6 nitrogen and oxygen atoms in total. The Morgan fingerprint density at radius 3 is 2.83 bits per heavy atom. The fourth-order valence-electron chi connectivity index (χ4n) is 1.36. The van der Waals surface area contributed by atoms with Gasteiger partial charge in [-0.1, -0.05) is 0 Å². The van der Waals surface area contributed by atoms with Crippen molar-refractivity contribution in [2.45, 2.75) is 32.9 Å². The average Bonchev–Trinajstić information content (AvgIpc) is 2.55. The van der Waals surface area contributed by atoms with Crippen molar-refractivity contribution in [3.8, 4) is 0 Å². The van der Waals surface area contributed by atoms with Gasteiger partial charge in [-0.25, -0.2) is 4.79 Å². The van der Waals surface area contributed by atoms with Crippen molar-refractivity contribution in [1.82, 2.24) is 15.1 Å². The Balaban J connectivity index is 2.54. The minimum absolute atomic E-state index is 0.334. The van der Waals surface area contributed by atoms with Gasteiger partial charge in [0, 0.05) is 20.3 Å². The number of hydrogen-bond acceptors (Lipinski definition) is 4. The maximum absolute atomic E-state index is 11.5. The number of amides is 1. The number of rotatable bonds is 3. The van der Waals surface area contributed by atoms with E-state index < -0.39 is 11.7 Å². The molecule has 0 aliphatic carbocycles. The molecule has 1 heterocycles. The van der Waals surface area contributed by atoms with Crippen LogP contribution in [0.2, 0.25) is 0 Å². The van der Waals surface area contributed by atoms with E-state index >= 15 is 0 Å². The number of carbonyl (C=O) groups excluding carboxylic acids is 1. The zero-order valence-corrected chi connectivity index (χ0v) is 11.5. The summed E-state index contributed by atoms with van der Waals surface area (Å²) in [6.45, 7) is 5.80. The Hall–Kier alpha value is -1.85. The van der Waals surface area contributed by atoms with Crippen LogP contribution in [0.3, 0.4) is 0 Å². The fourth-order valence-corrected chi connectivity index (χ4v) is 1.36. The SMILES string of the molecule is CN=Cc1cc(CNC(=O)OC(C)(C)C)nn1C. The summed E-state index contributed by atoms with van der Waals surface area (Å²) in [5, 5.41) is 6.91. The van der Waals surface area contributed by atoms with Gasteiger partial charge in [0.05, 0.1) is 17.9 Å². The summed E-state index contributed by atoms with van der Waals surface area (Å²) in [7, 11) is 3.53. The maximum atomic E-state index is 11.5. The van der Waals surface area contributed by atoms with Crippen LogP contribution in [0.15, 0.2) is 11.1 Å². The topological polar surface area (TPSA) is 68.5 Å². The number of alkyl carbamates (subject to hydrolysis) is 1. The molecular formula is C12H20N4O2. The van der Waals surface area contributed by atoms with Gasteiger partial charge in [-0.15, -0.1) is 0 Å². The molecule has 0 radical (unpaired) electrons. The summed E-state index contributed by atoms with van der Waals surface area (Å²) in [6, 6.07) is 1.87. The molecule has 0 fully saturated rings. The van der Waals surface area contributed by atoms with E-state index in [2.05, 4.69) is 15.4 Å². The minimum Gasteiger partial charge on any atom is -0.444 e. The lowest BCUT2D eigenvalue weighted by molar-refractivity contribution is 0.0523. The maximum Gasteiger partial charge on any atom is 0.407 e. The molecule has 100 valence electrons. The third-order valence-electron chi connectivity index (χ3n) is 2.04. The number of aliphatic imine (C=N–C) groups is 1. The predicted molar refractivity (Wildman–Crippen MR) is 69.8 cm³/mol. The first-order valence-corrected chi connectivity index (χ1v) is 5.74. The lowest BCUT2D eigenvalue weighted by atomic mass is 10.2. The van der Waals surface area contributed by atoms with Crippen LogP contribution in [0.5, 0.6) is 0 Å². The second kappa shape index (κ2) is 5.66. The highest BCUT2D eigenvalue weighted by atomic mass is 16.6. The van der Waals surface area contributed by atoms with E-state index in [1.165, 1.54) is 0 Å². The van der Waals surface area contributed by atoms with Crippen LogP contribution >= 0.6 is 0 Å². The molecule has 0 saturated carbocycles. The Morgan fingerprint density at radius 2 is 2.28 bits per heavy atom. The van der Waals surface area contributed by atoms with Crippen molar-refractivity contribution >= 4 is 12.3 Å². The molecule has 0 unspecified atom stereocenters. The zero-order chi connectivity index (χ0) is 13.8. The smallest absolute Gasteiger partial charge is 0.407 e. The molecule has 1 aromatic heterocycles. The van der Waals surface area contributed by atoms with Crippen LogP contribution in [0.4, 0.5) is 4.79 Å². The number of hydrogen-bond donors (Lipinski definition) is 1. The number of nitrogens with zero attached hydrogens (tertiary/aromatic N) is 3. The minimum atomic E-state index is -0.492. The summed E-state index contributed by atoms with van der Waals surface area (Å²) < 4.78 is 6.84. The number of carbonyl (C=O) groups is 1. The van der Waals surface area contributed by atoms with Crippen molar-refractivity contribution in [3.63, 3.8) is 0 Å². The number of aromatic nitrogens is 2. The highest BCUT2D eigenvalue weighted by Crippen LogP contribution is 2.07. The Labute approximate surface area is 107 Å². The molecule has 0 saturated heterocycles. The molecule has 0 aromatic carbocycles. The van der Waals surface area contributed by atoms with Gasteiger partial charge in [-0.2, -0.15) is 5.10 Å². The van der Waals surface area contributed by atoms with Gasteiger partial charge in [-0.3, -0.25) is 9.67 Å². The standard InChI is InChI=1S/C12H20N4O2/c1-12(2,3)18-11(17)14-7-9-6-10(8-13-4)16(5)15-9/h6,8H,7H2,1-5H3,(H,14,17). The molecule has 0 spiro atoms. The Kier molecular flexibility index (Phi) is 4.47. The molecule has 6 heteroatoms. The average molecular weight is 252 g/mol. The van der Waals surface area contributed by atoms with Crippen molar-refractivity contribution in [2.75, 3.05) is 7.05 Å². The number of aryl methyl sites for hydroxylation is 1. The first-order valence-electron chi connectivity index (χ1n) is 5.74. The molecule has 1 N–H and O–H groups in total. The molecule has 0 atom stereocenters. The van der Waals surface area contributed by atoms with E-state index in [0.29, 0.717) is 6.54 Å². The van der Waals surface area contributed by atoms with Crippen LogP contribution in [0, 0.1) is 0 Å². The molecule has 0 aliphatic rings. The van der Waals surface area contributed by atoms with Crippen molar-refractivity contribution in [1.29, 1.82) is 0 Å². The lowest BCUT2D eigenvalue weighted by Crippen LogP contribution is -2.32. The Bertz CT molecular complexity index is 443. The summed E-state index contributed by atoms with van der Waals surface area (Å²) in [5.74, 6) is 0. The highest BCUT2D eigenvalue weighted by Gasteiger charge is 2.16. The summed E-state index contributed by atoms with van der Waals surface area (Å²) in [5.41, 5.74) is 1.16. The van der Waals surface area contributed by atoms with Crippen LogP contribution < -0.4 is 5.32 Å². The normalized spacial score (nSPS) is 11.8. The Morgan fingerprint density at radius 1 is 1.61 bits per heavy atom. The predicted octanol–water partition coefficient (Wildman–Crippen LogP) is 1.49. The second-order valence-corrected chi connectivity index (χ2v) is 4.93. The van der Waals surface area contributed by atoms with Gasteiger partial charge in [0.15, 0.2) is 0 Å². The van der Waals surface area contributed by atoms with Crippen LogP contribution in [-0.2, 0) is 18.3 Å². The van der Waals surface area contributed by atoms with Gasteiger partial charge in [0.1, 0.15) is 5.60 Å². The quantitative estimate of drug-likeness (QED) is 0.829. The highest BCUT2D eigenvalue weighted by molar-refractivity contribution is 5.77. The summed E-state index contributed by atoms with van der Waals surface area (Å²) in [6.07, 6.45) is 1.27. The van der Waals surface area contributed by atoms with E-state index in [-0.39, 0.29) is 0 Å². The summed E-state index contributed by atoms with van der Waals surface area (Å²) >= 11 is 0. The van der Waals surface area contributed by atoms with E-state index in [9.17, 15) is 4.79 Å². The number of nitrogens with one attached hydrogen (secondary N) is 1. The molecule has 0 aliphatic heterocycles. The van der Waals surface area contributed by atoms with Crippen molar-refractivity contribution in [3.05, 3.63) is 17.5 Å². The van der Waals surface area contributed by atoms with Crippen LogP contribution in [-0.4, -0.2) is 34.7 Å². The monoisotopic (exact) mass is 252 g/mol. The third-order valence-corrected chi connectivity index (χ3v) is 2.04. The molecule has 0 bridgehead atoms. The van der Waals surface area contributed by atoms with Crippen molar-refractivity contribution < 1.29 is 9.53 Å². The fraction of sp³-hybridized carbons (Fsp3) is 0.583. The van der Waals surface area contributed by atoms with Gasteiger partial charge < -0.3 is 10.1 Å². The lowest BCUT2D eigenvalue weighted by Gasteiger charge is -2.19. The van der Waals surface area contributed by atoms with Gasteiger partial charge in [0.25, 0.3) is 0 Å². The third kappa shape index (κ3) is 4.57. The van der Waals surface area contributed by atoms with E-state index in [1.807, 2.05) is 33.9 Å². The van der Waals surface area contributed by atoms with Crippen LogP contribution in [0.25, 0.3) is 0 Å². The van der Waals surface area contributed by atoms with E-state index in [1.54, 1.807) is 17.9 Å². The molecule has 18 heavy (non-hydrogen) atoms. The molecule has 1 amide bonds. The zero-order valence-electron chi connectivity index (χ0n) is 11.5. The first-order chi connectivity index (χ1) is 8.31. The van der Waals surface area contributed by atoms with E-state index in [0.717, 1.165) is 11.4 Å². The van der Waals surface area contributed by atoms with E-state index in [4.69, 9.17) is 4.74 Å². The molecule has 1 rings (SSSR count). The van der Waals surface area contributed by atoms with Crippen LogP contribution in [0.1, 0.15) is 32.2 Å². The molecular weight excluding hydrogens is 232 g/mol. The van der Waals surface area contributed by atoms with Crippen molar-refractivity contribution in [2.24, 2.45) is 12.0 Å². The van der Waals surface area contributed by atoms with Gasteiger partial charge in [0.2, 0.25) is 0 Å². The van der Waals surface area contributed by atoms with Gasteiger partial charge >= 0.3 is 6.09 Å². The second-order valence-electron chi connectivity index (χ2n) is 4.93. The summed E-state index contributed by atoms with van der Waals surface area (Å²) in [4.78, 5) is 15.4. The molecule has 1 aromatic rings. The van der Waals surface area contributed by atoms with Gasteiger partial charge in [-0.05, 0) is 26.8 Å². The largest absolute Gasteiger partial charge is 0.444 e. The number of ether oxygens (including phenoxy) is 1. The first kappa shape index (κ1) is 14.2.